The lowest BCUT2D eigenvalue weighted by atomic mass is 10.1. The van der Waals surface area contributed by atoms with Crippen LogP contribution in [0.15, 0.2) is 42.7 Å². The quantitative estimate of drug-likeness (QED) is 0.687. The first-order valence-electron chi connectivity index (χ1n) is 6.66. The maximum Gasteiger partial charge on any atom is 0.231 e. The Morgan fingerprint density at radius 1 is 1.19 bits per heavy atom. The van der Waals surface area contributed by atoms with Gasteiger partial charge in [-0.3, -0.25) is 4.79 Å². The minimum absolute atomic E-state index is 0.0965. The Morgan fingerprint density at radius 2 is 2.05 bits per heavy atom. The van der Waals surface area contributed by atoms with Crippen molar-refractivity contribution in [3.63, 3.8) is 0 Å². The topological polar surface area (TPSA) is 37.6 Å². The van der Waals surface area contributed by atoms with Crippen molar-refractivity contribution >= 4 is 17.2 Å². The van der Waals surface area contributed by atoms with Gasteiger partial charge < -0.3 is 9.30 Å². The first-order valence-corrected chi connectivity index (χ1v) is 6.66. The van der Waals surface area contributed by atoms with E-state index in [4.69, 9.17) is 0 Å². The van der Waals surface area contributed by atoms with Crippen LogP contribution >= 0.6 is 0 Å². The zero-order valence-corrected chi connectivity index (χ0v) is 11.4. The van der Waals surface area contributed by atoms with Crippen molar-refractivity contribution in [2.45, 2.75) is 6.42 Å². The molecule has 1 aromatic carbocycles. The molecule has 0 saturated carbocycles. The maximum atomic E-state index is 13.2. The molecule has 21 heavy (non-hydrogen) atoms. The number of nitrogens with zero attached hydrogens (tertiary/aromatic N) is 3. The summed E-state index contributed by atoms with van der Waals surface area (Å²) in [5, 5.41) is 0. The van der Waals surface area contributed by atoms with Crippen molar-refractivity contribution in [1.29, 1.82) is 0 Å². The average molecular weight is 281 g/mol. The number of anilines is 1. The zero-order chi connectivity index (χ0) is 14.6. The van der Waals surface area contributed by atoms with Gasteiger partial charge in [-0.15, -0.1) is 0 Å². The number of benzene rings is 1. The van der Waals surface area contributed by atoms with Crippen molar-refractivity contribution in [2.75, 3.05) is 11.9 Å². The first kappa shape index (κ1) is 12.1. The summed E-state index contributed by atoms with van der Waals surface area (Å²) < 4.78 is 14.9. The van der Waals surface area contributed by atoms with E-state index in [0.717, 1.165) is 22.5 Å². The zero-order valence-electron chi connectivity index (χ0n) is 11.4. The summed E-state index contributed by atoms with van der Waals surface area (Å²) in [4.78, 5) is 17.9. The van der Waals surface area contributed by atoms with Gasteiger partial charge in [0.1, 0.15) is 11.5 Å². The number of hydrogen-bond donors (Lipinski definition) is 0. The molecule has 0 unspecified atom stereocenters. The van der Waals surface area contributed by atoms with E-state index in [1.54, 1.807) is 28.6 Å². The molecule has 3 heterocycles. The third kappa shape index (κ3) is 1.81. The molecule has 1 aliphatic rings. The van der Waals surface area contributed by atoms with E-state index in [-0.39, 0.29) is 11.7 Å². The molecule has 5 heteroatoms. The Labute approximate surface area is 120 Å². The van der Waals surface area contributed by atoms with Crippen LogP contribution in [0.25, 0.3) is 16.9 Å². The molecular weight excluding hydrogens is 269 g/mol. The molecule has 3 aromatic rings. The molecule has 0 radical (unpaired) electrons. The van der Waals surface area contributed by atoms with Crippen molar-refractivity contribution < 1.29 is 9.18 Å². The number of fused-ring (bicyclic) bond motifs is 2. The van der Waals surface area contributed by atoms with Gasteiger partial charge in [0.15, 0.2) is 0 Å². The minimum Gasteiger partial charge on any atom is -0.315 e. The smallest absolute Gasteiger partial charge is 0.231 e. The number of rotatable bonds is 1. The summed E-state index contributed by atoms with van der Waals surface area (Å²) in [6.45, 7) is 0. The summed E-state index contributed by atoms with van der Waals surface area (Å²) in [6, 6.07) is 8.88. The summed E-state index contributed by atoms with van der Waals surface area (Å²) in [7, 11) is 1.78. The SMILES string of the molecule is CN1C(=O)Cc2cc(-c3cn4cc(F)ccc4n3)ccc21. The molecular formula is C16H12FN3O. The minimum atomic E-state index is -0.298. The van der Waals surface area contributed by atoms with Crippen LogP contribution in [0, 0.1) is 5.82 Å². The summed E-state index contributed by atoms with van der Waals surface area (Å²) in [5.74, 6) is -0.202. The Morgan fingerprint density at radius 3 is 2.90 bits per heavy atom. The maximum absolute atomic E-state index is 13.2. The van der Waals surface area contributed by atoms with Crippen LogP contribution in [0.1, 0.15) is 5.56 Å². The fraction of sp³-hybridized carbons (Fsp3) is 0.125. The Bertz CT molecular complexity index is 884. The van der Waals surface area contributed by atoms with Gasteiger partial charge in [0, 0.05) is 30.7 Å². The normalized spacial score (nSPS) is 14.0. The van der Waals surface area contributed by atoms with Crippen LogP contribution in [0.3, 0.4) is 0 Å². The first-order chi connectivity index (χ1) is 10.1. The number of pyridine rings is 1. The molecule has 0 spiro atoms. The largest absolute Gasteiger partial charge is 0.315 e. The molecule has 0 saturated heterocycles. The molecule has 0 bridgehead atoms. The van der Waals surface area contributed by atoms with Gasteiger partial charge in [-0.05, 0) is 29.8 Å². The van der Waals surface area contributed by atoms with E-state index < -0.39 is 0 Å². The second kappa shape index (κ2) is 4.15. The van der Waals surface area contributed by atoms with Crippen LogP contribution in [0.4, 0.5) is 10.1 Å². The van der Waals surface area contributed by atoms with E-state index in [2.05, 4.69) is 4.98 Å². The second-order valence-corrected chi connectivity index (χ2v) is 5.21. The highest BCUT2D eigenvalue weighted by molar-refractivity contribution is 6.01. The van der Waals surface area contributed by atoms with Crippen LogP contribution in [-0.4, -0.2) is 22.3 Å². The molecule has 0 fully saturated rings. The van der Waals surface area contributed by atoms with E-state index in [1.165, 1.54) is 12.3 Å². The average Bonchev–Trinajstić information content (AvgIpc) is 3.00. The Kier molecular flexibility index (Phi) is 2.39. The number of imidazole rings is 1. The van der Waals surface area contributed by atoms with Crippen molar-refractivity contribution in [2.24, 2.45) is 0 Å². The number of carbonyl (C=O) groups excluding carboxylic acids is 1. The number of amides is 1. The van der Waals surface area contributed by atoms with E-state index >= 15 is 0 Å². The molecule has 4 rings (SSSR count). The Hall–Kier alpha value is -2.69. The summed E-state index contributed by atoms with van der Waals surface area (Å²) >= 11 is 0. The van der Waals surface area contributed by atoms with Gasteiger partial charge >= 0.3 is 0 Å². The van der Waals surface area contributed by atoms with E-state index in [0.29, 0.717) is 12.1 Å². The lowest BCUT2D eigenvalue weighted by Crippen LogP contribution is -2.20. The van der Waals surface area contributed by atoms with Gasteiger partial charge in [0.2, 0.25) is 5.91 Å². The molecule has 2 aromatic heterocycles. The second-order valence-electron chi connectivity index (χ2n) is 5.21. The predicted molar refractivity (Wildman–Crippen MR) is 77.7 cm³/mol. The number of likely N-dealkylation sites (N-methyl/N-ethyl adjacent to an activating group) is 1. The van der Waals surface area contributed by atoms with Gasteiger partial charge in [-0.2, -0.15) is 0 Å². The molecule has 0 aliphatic carbocycles. The lowest BCUT2D eigenvalue weighted by molar-refractivity contribution is -0.117. The van der Waals surface area contributed by atoms with Gasteiger partial charge in [0.25, 0.3) is 0 Å². The summed E-state index contributed by atoms with van der Waals surface area (Å²) in [6.07, 6.45) is 3.61. The van der Waals surface area contributed by atoms with Crippen molar-refractivity contribution in [3.8, 4) is 11.3 Å². The molecule has 104 valence electrons. The van der Waals surface area contributed by atoms with Gasteiger partial charge in [-0.25, -0.2) is 9.37 Å². The highest BCUT2D eigenvalue weighted by atomic mass is 19.1. The van der Waals surface area contributed by atoms with Crippen LogP contribution < -0.4 is 4.90 Å². The molecule has 0 atom stereocenters. The monoisotopic (exact) mass is 281 g/mol. The molecule has 1 amide bonds. The standard InChI is InChI=1S/C16H12FN3O/c1-19-14-4-2-10(6-11(14)7-16(19)21)13-9-20-8-12(17)3-5-15(20)18-13/h2-6,8-9H,7H2,1H3. The third-order valence-electron chi connectivity index (χ3n) is 3.87. The predicted octanol–water partition coefficient (Wildman–Crippen LogP) is 2.66. The van der Waals surface area contributed by atoms with Crippen LogP contribution in [0.5, 0.6) is 0 Å². The summed E-state index contributed by atoms with van der Waals surface area (Å²) in [5.41, 5.74) is 4.34. The van der Waals surface area contributed by atoms with Crippen molar-refractivity contribution in [3.05, 3.63) is 54.1 Å². The number of carbonyl (C=O) groups is 1. The molecule has 4 nitrogen and oxygen atoms in total. The van der Waals surface area contributed by atoms with E-state index in [9.17, 15) is 9.18 Å². The van der Waals surface area contributed by atoms with Crippen LogP contribution in [0.2, 0.25) is 0 Å². The number of hydrogen-bond acceptors (Lipinski definition) is 2. The number of halogens is 1. The van der Waals surface area contributed by atoms with Crippen LogP contribution in [-0.2, 0) is 11.2 Å². The van der Waals surface area contributed by atoms with Gasteiger partial charge in [-0.1, -0.05) is 6.07 Å². The lowest BCUT2D eigenvalue weighted by Gasteiger charge is -2.09. The highest BCUT2D eigenvalue weighted by Crippen LogP contribution is 2.31. The van der Waals surface area contributed by atoms with Gasteiger partial charge in [0.05, 0.1) is 12.1 Å². The van der Waals surface area contributed by atoms with E-state index in [1.807, 2.05) is 18.2 Å². The van der Waals surface area contributed by atoms with Crippen molar-refractivity contribution in [1.82, 2.24) is 9.38 Å². The molecule has 0 N–H and O–H groups in total. The fourth-order valence-electron chi connectivity index (χ4n) is 2.73. The highest BCUT2D eigenvalue weighted by Gasteiger charge is 2.24. The number of aromatic nitrogens is 2. The third-order valence-corrected chi connectivity index (χ3v) is 3.87. The molecule has 1 aliphatic heterocycles. The Balaban J connectivity index is 1.82. The fourth-order valence-corrected chi connectivity index (χ4v) is 2.73.